The van der Waals surface area contributed by atoms with Crippen molar-refractivity contribution in [1.29, 1.82) is 0 Å². The van der Waals surface area contributed by atoms with Gasteiger partial charge in [0, 0.05) is 25.8 Å². The summed E-state index contributed by atoms with van der Waals surface area (Å²) in [5, 5.41) is 12.3. The van der Waals surface area contributed by atoms with Crippen LogP contribution in [0.3, 0.4) is 0 Å². The Morgan fingerprint density at radius 3 is 2.92 bits per heavy atom. The molecule has 0 spiro atoms. The second kappa shape index (κ2) is 9.44. The zero-order valence-corrected chi connectivity index (χ0v) is 8.24. The molecular weight excluding hydrogens is 168 g/mol. The van der Waals surface area contributed by atoms with Gasteiger partial charge >= 0.3 is 0 Å². The number of nitrogens with zero attached hydrogens (tertiary/aromatic N) is 2. The number of nitrogens with two attached hydrogens (primary N) is 1. The molecule has 5 nitrogen and oxygen atoms in total. The van der Waals surface area contributed by atoms with Crippen LogP contribution in [0.15, 0.2) is 5.10 Å². The van der Waals surface area contributed by atoms with Gasteiger partial charge in [0.2, 0.25) is 0 Å². The van der Waals surface area contributed by atoms with Crippen molar-refractivity contribution < 1.29 is 5.11 Å². The van der Waals surface area contributed by atoms with Crippen LogP contribution in [-0.2, 0) is 0 Å². The van der Waals surface area contributed by atoms with E-state index in [-0.39, 0.29) is 6.61 Å². The number of hydrogen-bond acceptors (Lipinski definition) is 5. The Morgan fingerprint density at radius 2 is 2.31 bits per heavy atom. The molecule has 0 atom stereocenters. The Kier molecular flexibility index (Phi) is 8.97. The van der Waals surface area contributed by atoms with Crippen LogP contribution in [-0.4, -0.2) is 56.1 Å². The first-order chi connectivity index (χ1) is 6.31. The number of aliphatic hydroxyl groups is 1. The molecule has 13 heavy (non-hydrogen) atoms. The molecule has 5 heteroatoms. The fourth-order valence-corrected chi connectivity index (χ4v) is 0.854. The highest BCUT2D eigenvalue weighted by Crippen LogP contribution is 1.82. The molecule has 0 radical (unpaired) electrons. The van der Waals surface area contributed by atoms with E-state index in [2.05, 4.69) is 15.4 Å². The van der Waals surface area contributed by atoms with Crippen molar-refractivity contribution >= 4 is 6.21 Å². The first kappa shape index (κ1) is 12.3. The van der Waals surface area contributed by atoms with Gasteiger partial charge in [-0.25, -0.2) is 0 Å². The monoisotopic (exact) mass is 188 g/mol. The van der Waals surface area contributed by atoms with Gasteiger partial charge in [-0.3, -0.25) is 0 Å². The summed E-state index contributed by atoms with van der Waals surface area (Å²) in [6, 6.07) is 0. The summed E-state index contributed by atoms with van der Waals surface area (Å²) >= 11 is 0. The molecule has 4 N–H and O–H groups in total. The second-order valence-corrected chi connectivity index (χ2v) is 2.82. The SMILES string of the molecule is CN(CCN)CC/C=N\NCCO. The summed E-state index contributed by atoms with van der Waals surface area (Å²) in [5.74, 6) is 0. The minimum Gasteiger partial charge on any atom is -0.394 e. The molecule has 0 aromatic heterocycles. The molecule has 0 aliphatic rings. The van der Waals surface area contributed by atoms with Crippen LogP contribution in [0, 0.1) is 0 Å². The van der Waals surface area contributed by atoms with E-state index in [1.807, 2.05) is 13.3 Å². The van der Waals surface area contributed by atoms with E-state index >= 15 is 0 Å². The normalized spacial score (nSPS) is 11.4. The van der Waals surface area contributed by atoms with Gasteiger partial charge in [0.1, 0.15) is 0 Å². The summed E-state index contributed by atoms with van der Waals surface area (Å²) < 4.78 is 0. The largest absolute Gasteiger partial charge is 0.394 e. The molecule has 0 rings (SSSR count). The van der Waals surface area contributed by atoms with Crippen LogP contribution in [0.1, 0.15) is 6.42 Å². The van der Waals surface area contributed by atoms with Gasteiger partial charge in [0.05, 0.1) is 13.2 Å². The van der Waals surface area contributed by atoms with Crippen LogP contribution in [0.2, 0.25) is 0 Å². The highest BCUT2D eigenvalue weighted by atomic mass is 16.3. The van der Waals surface area contributed by atoms with Gasteiger partial charge in [-0.1, -0.05) is 0 Å². The van der Waals surface area contributed by atoms with E-state index < -0.39 is 0 Å². The smallest absolute Gasteiger partial charge is 0.0620 e. The summed E-state index contributed by atoms with van der Waals surface area (Å²) in [7, 11) is 2.03. The third kappa shape index (κ3) is 9.26. The predicted molar refractivity (Wildman–Crippen MR) is 54.7 cm³/mol. The maximum absolute atomic E-state index is 8.42. The number of likely N-dealkylation sites (N-methyl/N-ethyl adjacent to an activating group) is 1. The molecule has 0 saturated carbocycles. The Labute approximate surface area is 79.6 Å². The fourth-order valence-electron chi connectivity index (χ4n) is 0.854. The molecule has 0 bridgehead atoms. The van der Waals surface area contributed by atoms with Crippen molar-refractivity contribution in [3.8, 4) is 0 Å². The quantitative estimate of drug-likeness (QED) is 0.255. The van der Waals surface area contributed by atoms with E-state index in [1.54, 1.807) is 0 Å². The van der Waals surface area contributed by atoms with Crippen LogP contribution < -0.4 is 11.2 Å². The van der Waals surface area contributed by atoms with Crippen molar-refractivity contribution in [3.05, 3.63) is 0 Å². The topological polar surface area (TPSA) is 73.9 Å². The molecule has 0 saturated heterocycles. The third-order valence-electron chi connectivity index (χ3n) is 1.56. The molecule has 0 unspecified atom stereocenters. The number of rotatable bonds is 8. The van der Waals surface area contributed by atoms with Crippen LogP contribution >= 0.6 is 0 Å². The molecule has 0 fully saturated rings. The van der Waals surface area contributed by atoms with Crippen molar-refractivity contribution in [2.45, 2.75) is 6.42 Å². The van der Waals surface area contributed by atoms with Gasteiger partial charge in [-0.05, 0) is 13.5 Å². The Bertz CT molecular complexity index is 129. The number of hydrazone groups is 1. The number of aliphatic hydroxyl groups excluding tert-OH is 1. The summed E-state index contributed by atoms with van der Waals surface area (Å²) in [5.41, 5.74) is 8.10. The van der Waals surface area contributed by atoms with Gasteiger partial charge in [0.15, 0.2) is 0 Å². The minimum atomic E-state index is 0.115. The minimum absolute atomic E-state index is 0.115. The number of nitrogens with one attached hydrogen (secondary N) is 1. The fraction of sp³-hybridized carbons (Fsp3) is 0.875. The van der Waals surface area contributed by atoms with Gasteiger partial charge in [-0.15, -0.1) is 0 Å². The average molecular weight is 188 g/mol. The maximum atomic E-state index is 8.42. The van der Waals surface area contributed by atoms with E-state index in [4.69, 9.17) is 10.8 Å². The molecule has 0 aromatic rings. The lowest BCUT2D eigenvalue weighted by molar-refractivity contribution is 0.293. The van der Waals surface area contributed by atoms with Gasteiger partial charge in [0.25, 0.3) is 0 Å². The second-order valence-electron chi connectivity index (χ2n) is 2.82. The molecule has 0 amide bonds. The lowest BCUT2D eigenvalue weighted by atomic mass is 10.4. The van der Waals surface area contributed by atoms with Crippen LogP contribution in [0.5, 0.6) is 0 Å². The Hall–Kier alpha value is -0.650. The zero-order chi connectivity index (χ0) is 9.94. The van der Waals surface area contributed by atoms with E-state index in [0.717, 1.165) is 19.5 Å². The lowest BCUT2D eigenvalue weighted by Crippen LogP contribution is -2.26. The Morgan fingerprint density at radius 1 is 1.54 bits per heavy atom. The maximum Gasteiger partial charge on any atom is 0.0620 e. The first-order valence-electron chi connectivity index (χ1n) is 4.55. The number of hydrogen-bond donors (Lipinski definition) is 3. The first-order valence-corrected chi connectivity index (χ1v) is 4.55. The molecule has 0 aliphatic carbocycles. The van der Waals surface area contributed by atoms with E-state index in [0.29, 0.717) is 13.1 Å². The Balaban J connectivity index is 3.18. The van der Waals surface area contributed by atoms with Crippen molar-refractivity contribution in [1.82, 2.24) is 10.3 Å². The molecule has 0 aliphatic heterocycles. The molecule has 78 valence electrons. The summed E-state index contributed by atoms with van der Waals surface area (Å²) in [4.78, 5) is 2.15. The van der Waals surface area contributed by atoms with Gasteiger partial charge in [-0.2, -0.15) is 5.10 Å². The highest BCUT2D eigenvalue weighted by Gasteiger charge is 1.92. The van der Waals surface area contributed by atoms with Crippen molar-refractivity contribution in [2.24, 2.45) is 10.8 Å². The van der Waals surface area contributed by atoms with Crippen LogP contribution in [0.25, 0.3) is 0 Å². The van der Waals surface area contributed by atoms with Crippen molar-refractivity contribution in [2.75, 3.05) is 39.8 Å². The summed E-state index contributed by atoms with van der Waals surface area (Å²) in [6.45, 7) is 3.19. The van der Waals surface area contributed by atoms with Gasteiger partial charge < -0.3 is 21.2 Å². The standard InChI is InChI=1S/C8H20N4O/c1-12(7-3-9)6-2-4-10-11-5-8-13/h4,11,13H,2-3,5-9H2,1H3/b10-4-. The van der Waals surface area contributed by atoms with Crippen molar-refractivity contribution in [3.63, 3.8) is 0 Å². The summed E-state index contributed by atoms with van der Waals surface area (Å²) in [6.07, 6.45) is 2.71. The van der Waals surface area contributed by atoms with Crippen LogP contribution in [0.4, 0.5) is 0 Å². The third-order valence-corrected chi connectivity index (χ3v) is 1.56. The lowest BCUT2D eigenvalue weighted by Gasteiger charge is -2.12. The molecule has 0 aromatic carbocycles. The predicted octanol–water partition coefficient (Wildman–Crippen LogP) is -1.17. The highest BCUT2D eigenvalue weighted by molar-refractivity contribution is 5.56. The van der Waals surface area contributed by atoms with E-state index in [9.17, 15) is 0 Å². The molecule has 0 heterocycles. The van der Waals surface area contributed by atoms with E-state index in [1.165, 1.54) is 0 Å². The zero-order valence-electron chi connectivity index (χ0n) is 8.24. The average Bonchev–Trinajstić information content (AvgIpc) is 2.11. The molecular formula is C8H20N4O.